The fraction of sp³-hybridized carbons (Fsp3) is 0.391. The maximum Gasteiger partial charge on any atom is 0.243 e. The number of nitrogens with zero attached hydrogens (tertiary/aromatic N) is 2. The molecular formula is C23H27N3O2. The highest BCUT2D eigenvalue weighted by Gasteiger charge is 2.31. The van der Waals surface area contributed by atoms with Crippen molar-refractivity contribution in [3.8, 4) is 0 Å². The normalized spacial score (nSPS) is 19.9. The molecule has 0 spiro atoms. The number of rotatable bonds is 6. The van der Waals surface area contributed by atoms with Gasteiger partial charge in [0.2, 0.25) is 11.8 Å². The minimum Gasteiger partial charge on any atom is -0.333 e. The third-order valence-electron chi connectivity index (χ3n) is 5.64. The topological polar surface area (TPSA) is 52.7 Å². The van der Waals surface area contributed by atoms with E-state index in [2.05, 4.69) is 16.3 Å². The summed E-state index contributed by atoms with van der Waals surface area (Å²) < 4.78 is 0. The standard InChI is InChI=1S/C23H27N3O2/c27-22(17-26-16-20(14-23(26)28)19-8-2-1-3-9-19)24-21-10-6-7-18(13-21)15-25-11-4-5-12-25/h1-3,6-10,13,20H,4-5,11-12,14-17H2,(H,24,27). The summed E-state index contributed by atoms with van der Waals surface area (Å²) in [6, 6.07) is 18.1. The lowest BCUT2D eigenvalue weighted by Crippen LogP contribution is -2.34. The van der Waals surface area contributed by atoms with E-state index in [4.69, 9.17) is 0 Å². The van der Waals surface area contributed by atoms with Crippen LogP contribution in [0.2, 0.25) is 0 Å². The molecule has 2 aromatic rings. The predicted octanol–water partition coefficient (Wildman–Crippen LogP) is 3.24. The second-order valence-electron chi connectivity index (χ2n) is 7.82. The number of amides is 2. The lowest BCUT2D eigenvalue weighted by molar-refractivity contribution is -0.131. The second kappa shape index (κ2) is 8.57. The van der Waals surface area contributed by atoms with Crippen molar-refractivity contribution in [1.82, 2.24) is 9.80 Å². The molecule has 4 rings (SSSR count). The van der Waals surface area contributed by atoms with Crippen molar-refractivity contribution in [3.63, 3.8) is 0 Å². The number of carbonyl (C=O) groups excluding carboxylic acids is 2. The first-order valence-electron chi connectivity index (χ1n) is 10.1. The fourth-order valence-electron chi connectivity index (χ4n) is 4.19. The summed E-state index contributed by atoms with van der Waals surface area (Å²) in [6.07, 6.45) is 3.01. The highest BCUT2D eigenvalue weighted by atomic mass is 16.2. The molecule has 1 unspecified atom stereocenters. The van der Waals surface area contributed by atoms with Crippen molar-refractivity contribution in [2.45, 2.75) is 31.7 Å². The number of nitrogens with one attached hydrogen (secondary N) is 1. The summed E-state index contributed by atoms with van der Waals surface area (Å²) in [7, 11) is 0. The zero-order chi connectivity index (χ0) is 19.3. The van der Waals surface area contributed by atoms with E-state index < -0.39 is 0 Å². The number of likely N-dealkylation sites (tertiary alicyclic amines) is 2. The van der Waals surface area contributed by atoms with E-state index >= 15 is 0 Å². The van der Waals surface area contributed by atoms with Crippen LogP contribution in [-0.2, 0) is 16.1 Å². The molecule has 2 heterocycles. The Balaban J connectivity index is 1.32. The van der Waals surface area contributed by atoms with Gasteiger partial charge >= 0.3 is 0 Å². The molecule has 5 nitrogen and oxygen atoms in total. The first-order chi connectivity index (χ1) is 13.7. The molecule has 2 saturated heterocycles. The molecule has 0 aliphatic carbocycles. The van der Waals surface area contributed by atoms with Crippen LogP contribution in [-0.4, -0.2) is 47.8 Å². The number of benzene rings is 2. The number of carbonyl (C=O) groups is 2. The zero-order valence-corrected chi connectivity index (χ0v) is 16.1. The van der Waals surface area contributed by atoms with Crippen LogP contribution < -0.4 is 5.32 Å². The smallest absolute Gasteiger partial charge is 0.243 e. The Kier molecular flexibility index (Phi) is 5.72. The van der Waals surface area contributed by atoms with Crippen LogP contribution in [0, 0.1) is 0 Å². The summed E-state index contributed by atoms with van der Waals surface area (Å²) in [5.74, 6) is 0.0810. The van der Waals surface area contributed by atoms with Crippen molar-refractivity contribution >= 4 is 17.5 Å². The average Bonchev–Trinajstić information content (AvgIpc) is 3.33. The zero-order valence-electron chi connectivity index (χ0n) is 16.1. The highest BCUT2D eigenvalue weighted by molar-refractivity contribution is 5.95. The van der Waals surface area contributed by atoms with Gasteiger partial charge in [-0.1, -0.05) is 42.5 Å². The Bertz CT molecular complexity index is 831. The summed E-state index contributed by atoms with van der Waals surface area (Å²) in [6.45, 7) is 3.93. The van der Waals surface area contributed by atoms with Gasteiger partial charge in [0.15, 0.2) is 0 Å². The van der Waals surface area contributed by atoms with Crippen LogP contribution >= 0.6 is 0 Å². The number of hydrogen-bond acceptors (Lipinski definition) is 3. The van der Waals surface area contributed by atoms with E-state index in [1.54, 1.807) is 4.90 Å². The van der Waals surface area contributed by atoms with Crippen molar-refractivity contribution in [1.29, 1.82) is 0 Å². The van der Waals surface area contributed by atoms with Gasteiger partial charge in [0.05, 0.1) is 6.54 Å². The first-order valence-corrected chi connectivity index (χ1v) is 10.1. The summed E-state index contributed by atoms with van der Waals surface area (Å²) in [5.41, 5.74) is 3.17. The van der Waals surface area contributed by atoms with Crippen molar-refractivity contribution in [2.24, 2.45) is 0 Å². The average molecular weight is 377 g/mol. The molecule has 2 aromatic carbocycles. The Labute approximate surface area is 166 Å². The third-order valence-corrected chi connectivity index (χ3v) is 5.64. The molecule has 0 aromatic heterocycles. The summed E-state index contributed by atoms with van der Waals surface area (Å²) in [5, 5.41) is 2.96. The lowest BCUT2D eigenvalue weighted by Gasteiger charge is -2.17. The maximum absolute atomic E-state index is 12.5. The van der Waals surface area contributed by atoms with Crippen LogP contribution in [0.25, 0.3) is 0 Å². The molecule has 1 atom stereocenters. The van der Waals surface area contributed by atoms with Crippen LogP contribution in [0.15, 0.2) is 54.6 Å². The monoisotopic (exact) mass is 377 g/mol. The maximum atomic E-state index is 12.5. The Hall–Kier alpha value is -2.66. The number of hydrogen-bond donors (Lipinski definition) is 1. The fourth-order valence-corrected chi connectivity index (χ4v) is 4.19. The van der Waals surface area contributed by atoms with E-state index in [0.29, 0.717) is 13.0 Å². The van der Waals surface area contributed by atoms with Gasteiger partial charge in [-0.15, -0.1) is 0 Å². The molecule has 146 valence electrons. The minimum absolute atomic E-state index is 0.0480. The van der Waals surface area contributed by atoms with Gasteiger partial charge < -0.3 is 10.2 Å². The van der Waals surface area contributed by atoms with Gasteiger partial charge in [0.1, 0.15) is 0 Å². The van der Waals surface area contributed by atoms with Crippen molar-refractivity contribution < 1.29 is 9.59 Å². The molecule has 28 heavy (non-hydrogen) atoms. The van der Waals surface area contributed by atoms with Crippen molar-refractivity contribution in [2.75, 3.05) is 31.5 Å². The Morgan fingerprint density at radius 1 is 1.04 bits per heavy atom. The largest absolute Gasteiger partial charge is 0.333 e. The van der Waals surface area contributed by atoms with Crippen LogP contribution in [0.5, 0.6) is 0 Å². The van der Waals surface area contributed by atoms with Crippen LogP contribution in [0.3, 0.4) is 0 Å². The Morgan fingerprint density at radius 2 is 1.82 bits per heavy atom. The molecule has 2 aliphatic rings. The lowest BCUT2D eigenvalue weighted by atomic mass is 9.99. The van der Waals surface area contributed by atoms with E-state index in [0.717, 1.165) is 30.9 Å². The van der Waals surface area contributed by atoms with Gasteiger partial charge in [-0.3, -0.25) is 14.5 Å². The number of anilines is 1. The highest BCUT2D eigenvalue weighted by Crippen LogP contribution is 2.27. The van der Waals surface area contributed by atoms with Crippen molar-refractivity contribution in [3.05, 3.63) is 65.7 Å². The molecular weight excluding hydrogens is 350 g/mol. The van der Waals surface area contributed by atoms with E-state index in [9.17, 15) is 9.59 Å². The first kappa shape index (κ1) is 18.7. The third kappa shape index (κ3) is 4.60. The predicted molar refractivity (Wildman–Crippen MR) is 110 cm³/mol. The van der Waals surface area contributed by atoms with Gasteiger partial charge in [-0.2, -0.15) is 0 Å². The summed E-state index contributed by atoms with van der Waals surface area (Å²) >= 11 is 0. The molecule has 2 amide bonds. The second-order valence-corrected chi connectivity index (χ2v) is 7.82. The Morgan fingerprint density at radius 3 is 2.61 bits per heavy atom. The molecule has 0 saturated carbocycles. The SMILES string of the molecule is O=C(CN1CC(c2ccccc2)CC1=O)Nc1cccc(CN2CCCC2)c1. The molecule has 0 radical (unpaired) electrons. The van der Waals surface area contributed by atoms with E-state index in [1.807, 2.05) is 48.5 Å². The van der Waals surface area contributed by atoms with Crippen LogP contribution in [0.1, 0.15) is 36.3 Å². The van der Waals surface area contributed by atoms with Gasteiger partial charge in [0.25, 0.3) is 0 Å². The van der Waals surface area contributed by atoms with Gasteiger partial charge in [-0.25, -0.2) is 0 Å². The molecule has 0 bridgehead atoms. The van der Waals surface area contributed by atoms with Gasteiger partial charge in [0, 0.05) is 31.1 Å². The van der Waals surface area contributed by atoms with Gasteiger partial charge in [-0.05, 0) is 49.2 Å². The van der Waals surface area contributed by atoms with E-state index in [1.165, 1.54) is 18.4 Å². The quantitative estimate of drug-likeness (QED) is 0.841. The summed E-state index contributed by atoms with van der Waals surface area (Å²) in [4.78, 5) is 28.9. The molecule has 2 fully saturated rings. The van der Waals surface area contributed by atoms with Crippen LogP contribution in [0.4, 0.5) is 5.69 Å². The minimum atomic E-state index is -0.139. The van der Waals surface area contributed by atoms with E-state index in [-0.39, 0.29) is 24.3 Å². The molecule has 5 heteroatoms. The molecule has 1 N–H and O–H groups in total. The molecule has 2 aliphatic heterocycles.